The van der Waals surface area contributed by atoms with Crippen molar-refractivity contribution in [3.8, 4) is 0 Å². The number of nitrogens with zero attached hydrogens (tertiary/aromatic N) is 2. The second-order valence-corrected chi connectivity index (χ2v) is 6.53. The van der Waals surface area contributed by atoms with Crippen LogP contribution in [0.15, 0.2) is 18.2 Å². The molecule has 1 aliphatic rings. The summed E-state index contributed by atoms with van der Waals surface area (Å²) >= 11 is 0. The Morgan fingerprint density at radius 3 is 2.91 bits per heavy atom. The van der Waals surface area contributed by atoms with Gasteiger partial charge in [-0.2, -0.15) is 0 Å². The van der Waals surface area contributed by atoms with Crippen molar-refractivity contribution in [3.05, 3.63) is 18.2 Å². The number of nitrogen functional groups attached to an aromatic ring is 1. The van der Waals surface area contributed by atoms with E-state index in [1.54, 1.807) is 6.07 Å². The average Bonchev–Trinajstić information content (AvgIpc) is 2.44. The fourth-order valence-corrected chi connectivity index (χ4v) is 2.45. The van der Waals surface area contributed by atoms with E-state index in [4.69, 9.17) is 15.2 Å². The van der Waals surface area contributed by atoms with E-state index in [0.29, 0.717) is 12.4 Å². The lowest BCUT2D eigenvalue weighted by Gasteiger charge is -2.33. The van der Waals surface area contributed by atoms with Gasteiger partial charge in [-0.1, -0.05) is 6.07 Å². The second kappa shape index (κ2) is 6.96. The van der Waals surface area contributed by atoms with Gasteiger partial charge in [0.15, 0.2) is 0 Å². The minimum atomic E-state index is -0.482. The van der Waals surface area contributed by atoms with E-state index >= 15 is 0 Å². The van der Waals surface area contributed by atoms with Gasteiger partial charge in [-0.25, -0.2) is 9.78 Å². The molecular weight excluding hydrogens is 282 g/mol. The Hall–Kier alpha value is -1.82. The van der Waals surface area contributed by atoms with Crippen molar-refractivity contribution in [2.24, 2.45) is 0 Å². The van der Waals surface area contributed by atoms with Crippen molar-refractivity contribution in [2.75, 3.05) is 30.3 Å². The molecule has 2 heterocycles. The minimum Gasteiger partial charge on any atom is -0.458 e. The lowest BCUT2D eigenvalue weighted by molar-refractivity contribution is -0.162. The summed E-state index contributed by atoms with van der Waals surface area (Å²) in [6.45, 7) is 7.15. The van der Waals surface area contributed by atoms with Gasteiger partial charge in [-0.15, -0.1) is 0 Å². The summed E-state index contributed by atoms with van der Waals surface area (Å²) in [5.41, 5.74) is 5.25. The lowest BCUT2D eigenvalue weighted by Crippen LogP contribution is -2.41. The molecule has 0 spiro atoms. The third kappa shape index (κ3) is 5.18. The summed E-state index contributed by atoms with van der Waals surface area (Å²) in [4.78, 5) is 18.2. The van der Waals surface area contributed by atoms with Crippen molar-refractivity contribution in [3.63, 3.8) is 0 Å². The molecule has 0 aromatic carbocycles. The number of aromatic nitrogens is 1. The first-order valence-electron chi connectivity index (χ1n) is 7.64. The van der Waals surface area contributed by atoms with Crippen LogP contribution in [0.3, 0.4) is 0 Å². The average molecular weight is 307 g/mol. The van der Waals surface area contributed by atoms with E-state index in [0.717, 1.165) is 25.2 Å². The Balaban J connectivity index is 1.85. The van der Waals surface area contributed by atoms with E-state index in [1.807, 2.05) is 32.9 Å². The normalized spacial score (nSPS) is 19.0. The second-order valence-electron chi connectivity index (χ2n) is 6.53. The van der Waals surface area contributed by atoms with Crippen molar-refractivity contribution < 1.29 is 14.3 Å². The van der Waals surface area contributed by atoms with Crippen LogP contribution in [0.25, 0.3) is 0 Å². The van der Waals surface area contributed by atoms with Gasteiger partial charge >= 0.3 is 5.97 Å². The fourth-order valence-electron chi connectivity index (χ4n) is 2.45. The molecule has 1 atom stereocenters. The zero-order valence-electron chi connectivity index (χ0n) is 13.5. The first-order chi connectivity index (χ1) is 10.3. The lowest BCUT2D eigenvalue weighted by atomic mass is 10.1. The summed E-state index contributed by atoms with van der Waals surface area (Å²) in [7, 11) is 0. The highest BCUT2D eigenvalue weighted by Gasteiger charge is 2.23. The van der Waals surface area contributed by atoms with E-state index in [2.05, 4.69) is 9.88 Å². The van der Waals surface area contributed by atoms with Crippen molar-refractivity contribution >= 4 is 17.6 Å². The summed E-state index contributed by atoms with van der Waals surface area (Å²) in [6.07, 6.45) is 1.93. The zero-order chi connectivity index (χ0) is 16.2. The van der Waals surface area contributed by atoms with Crippen molar-refractivity contribution in [2.45, 2.75) is 45.3 Å². The molecule has 1 fully saturated rings. The number of carbonyl (C=O) groups is 1. The molecule has 22 heavy (non-hydrogen) atoms. The Bertz CT molecular complexity index is 514. The predicted molar refractivity (Wildman–Crippen MR) is 85.7 cm³/mol. The third-order valence-corrected chi connectivity index (χ3v) is 3.31. The van der Waals surface area contributed by atoms with E-state index in [-0.39, 0.29) is 18.7 Å². The number of nitrogens with two attached hydrogens (primary N) is 1. The molecule has 1 aromatic heterocycles. The van der Waals surface area contributed by atoms with Gasteiger partial charge in [0.1, 0.15) is 23.8 Å². The number of esters is 1. The predicted octanol–water partition coefficient (Wildman–Crippen LogP) is 1.99. The summed E-state index contributed by atoms with van der Waals surface area (Å²) in [5, 5.41) is 0. The highest BCUT2D eigenvalue weighted by molar-refractivity contribution is 5.71. The van der Waals surface area contributed by atoms with E-state index < -0.39 is 5.60 Å². The molecule has 2 N–H and O–H groups in total. The van der Waals surface area contributed by atoms with Gasteiger partial charge < -0.3 is 20.1 Å². The Labute approximate surface area is 131 Å². The molecule has 0 aliphatic carbocycles. The Kier molecular flexibility index (Phi) is 5.24. The topological polar surface area (TPSA) is 77.7 Å². The van der Waals surface area contributed by atoms with E-state index in [9.17, 15) is 4.79 Å². The highest BCUT2D eigenvalue weighted by Crippen LogP contribution is 2.20. The first-order valence-corrected chi connectivity index (χ1v) is 7.64. The first kappa shape index (κ1) is 16.5. The summed E-state index contributed by atoms with van der Waals surface area (Å²) in [5.74, 6) is 1.03. The monoisotopic (exact) mass is 307 g/mol. The molecule has 6 heteroatoms. The third-order valence-electron chi connectivity index (χ3n) is 3.31. The van der Waals surface area contributed by atoms with Gasteiger partial charge in [-0.05, 0) is 45.7 Å². The van der Waals surface area contributed by atoms with Gasteiger partial charge in [-0.3, -0.25) is 0 Å². The molecule has 122 valence electrons. The Morgan fingerprint density at radius 1 is 1.45 bits per heavy atom. The highest BCUT2D eigenvalue weighted by atomic mass is 16.6. The zero-order valence-corrected chi connectivity index (χ0v) is 13.5. The summed E-state index contributed by atoms with van der Waals surface area (Å²) in [6, 6.07) is 5.60. The number of hydrogen-bond acceptors (Lipinski definition) is 6. The van der Waals surface area contributed by atoms with Gasteiger partial charge in [0.05, 0.1) is 6.10 Å². The fraction of sp³-hybridized carbons (Fsp3) is 0.625. The maximum absolute atomic E-state index is 11.7. The van der Waals surface area contributed by atoms with Crippen LogP contribution in [0.4, 0.5) is 11.6 Å². The number of carbonyl (C=O) groups excluding carboxylic acids is 1. The molecular formula is C16H25N3O3. The standard InChI is InChI=1S/C16H25N3O3/c1-16(2,3)22-15(20)11-21-12-6-5-9-19(10-12)14-8-4-7-13(17)18-14/h4,7-8,12H,5-6,9-11H2,1-3H3,(H2,17,18). The molecule has 6 nitrogen and oxygen atoms in total. The molecule has 0 radical (unpaired) electrons. The summed E-state index contributed by atoms with van der Waals surface area (Å²) < 4.78 is 10.9. The quantitative estimate of drug-likeness (QED) is 0.857. The molecule has 1 saturated heterocycles. The number of piperidine rings is 1. The number of ether oxygens (including phenoxy) is 2. The molecule has 1 aromatic rings. The molecule has 2 rings (SSSR count). The van der Waals surface area contributed by atoms with Crippen molar-refractivity contribution in [1.82, 2.24) is 4.98 Å². The van der Waals surface area contributed by atoms with Crippen molar-refractivity contribution in [1.29, 1.82) is 0 Å². The van der Waals surface area contributed by atoms with Crippen LogP contribution < -0.4 is 10.6 Å². The van der Waals surface area contributed by atoms with Crippen LogP contribution in [-0.4, -0.2) is 42.4 Å². The number of hydrogen-bond donors (Lipinski definition) is 1. The van der Waals surface area contributed by atoms with Crippen LogP contribution in [-0.2, 0) is 14.3 Å². The van der Waals surface area contributed by atoms with Crippen LogP contribution in [0.2, 0.25) is 0 Å². The van der Waals surface area contributed by atoms with Gasteiger partial charge in [0.25, 0.3) is 0 Å². The van der Waals surface area contributed by atoms with E-state index in [1.165, 1.54) is 0 Å². The SMILES string of the molecule is CC(C)(C)OC(=O)COC1CCCN(c2cccc(N)n2)C1. The van der Waals surface area contributed by atoms with Gasteiger partial charge in [0, 0.05) is 13.1 Å². The number of pyridine rings is 1. The minimum absolute atomic E-state index is 0.00417. The van der Waals surface area contributed by atoms with Crippen LogP contribution in [0, 0.1) is 0 Å². The van der Waals surface area contributed by atoms with Gasteiger partial charge in [0.2, 0.25) is 0 Å². The Morgan fingerprint density at radius 2 is 2.23 bits per heavy atom. The van der Waals surface area contributed by atoms with Crippen LogP contribution >= 0.6 is 0 Å². The molecule has 0 amide bonds. The van der Waals surface area contributed by atoms with Crippen LogP contribution in [0.5, 0.6) is 0 Å². The maximum atomic E-state index is 11.7. The van der Waals surface area contributed by atoms with Crippen LogP contribution in [0.1, 0.15) is 33.6 Å². The largest absolute Gasteiger partial charge is 0.458 e. The smallest absolute Gasteiger partial charge is 0.332 e. The molecule has 0 saturated carbocycles. The number of anilines is 2. The molecule has 0 bridgehead atoms. The number of rotatable bonds is 4. The maximum Gasteiger partial charge on any atom is 0.332 e. The molecule has 1 aliphatic heterocycles. The molecule has 1 unspecified atom stereocenters.